The van der Waals surface area contributed by atoms with E-state index in [9.17, 15) is 4.79 Å². The molecule has 0 fully saturated rings. The largest absolute Gasteiger partial charge is 0.481 e. The minimum Gasteiger partial charge on any atom is -0.481 e. The molecule has 3 rings (SSSR count). The van der Waals surface area contributed by atoms with Crippen LogP contribution in [0.3, 0.4) is 0 Å². The van der Waals surface area contributed by atoms with Crippen LogP contribution in [0.1, 0.15) is 6.42 Å². The molecule has 2 N–H and O–H groups in total. The van der Waals surface area contributed by atoms with E-state index in [1.165, 1.54) is 0 Å². The van der Waals surface area contributed by atoms with Crippen LogP contribution in [0.15, 0.2) is 42.6 Å². The molecular formula is C14H13N3O2. The Morgan fingerprint density at radius 1 is 1.32 bits per heavy atom. The molecule has 0 bridgehead atoms. The first kappa shape index (κ1) is 11.6. The molecule has 0 aliphatic heterocycles. The fourth-order valence-electron chi connectivity index (χ4n) is 2.20. The predicted molar refractivity (Wildman–Crippen MR) is 71.8 cm³/mol. The molecule has 5 nitrogen and oxygen atoms in total. The summed E-state index contributed by atoms with van der Waals surface area (Å²) in [5.41, 5.74) is 0.872. The van der Waals surface area contributed by atoms with Crippen LogP contribution in [-0.2, 0) is 4.79 Å². The van der Waals surface area contributed by atoms with Crippen LogP contribution in [0.2, 0.25) is 0 Å². The lowest BCUT2D eigenvalue weighted by Gasteiger charge is -2.12. The Morgan fingerprint density at radius 3 is 2.95 bits per heavy atom. The van der Waals surface area contributed by atoms with E-state index in [1.807, 2.05) is 30.3 Å². The molecule has 1 aromatic heterocycles. The number of carboxylic acid groups (broad SMARTS) is 1. The summed E-state index contributed by atoms with van der Waals surface area (Å²) in [6.07, 6.45) is 5.86. The van der Waals surface area contributed by atoms with Crippen molar-refractivity contribution < 1.29 is 9.90 Å². The van der Waals surface area contributed by atoms with E-state index in [0.29, 0.717) is 12.4 Å². The summed E-state index contributed by atoms with van der Waals surface area (Å²) in [7, 11) is 0. The summed E-state index contributed by atoms with van der Waals surface area (Å²) in [6, 6.07) is 7.72. The number of fused-ring (bicyclic) bond motifs is 1. The van der Waals surface area contributed by atoms with Crippen molar-refractivity contribution in [3.8, 4) is 0 Å². The smallest absolute Gasteiger partial charge is 0.310 e. The molecule has 0 radical (unpaired) electrons. The van der Waals surface area contributed by atoms with Crippen molar-refractivity contribution in [3.05, 3.63) is 42.6 Å². The lowest BCUT2D eigenvalue weighted by molar-refractivity contribution is -0.140. The van der Waals surface area contributed by atoms with Gasteiger partial charge >= 0.3 is 5.97 Å². The van der Waals surface area contributed by atoms with Crippen LogP contribution < -0.4 is 5.32 Å². The molecule has 96 valence electrons. The molecule has 0 saturated carbocycles. The Morgan fingerprint density at radius 2 is 2.16 bits per heavy atom. The molecule has 2 unspecified atom stereocenters. The average molecular weight is 255 g/mol. The van der Waals surface area contributed by atoms with E-state index in [1.54, 1.807) is 12.3 Å². The third-order valence-electron chi connectivity index (χ3n) is 3.20. The van der Waals surface area contributed by atoms with Crippen molar-refractivity contribution in [2.24, 2.45) is 5.92 Å². The SMILES string of the molecule is O=C(O)C1C=CC(Nc2ncc3ccccc3n2)C1. The molecule has 2 atom stereocenters. The van der Waals surface area contributed by atoms with Gasteiger partial charge in [0, 0.05) is 17.6 Å². The molecule has 0 saturated heterocycles. The van der Waals surface area contributed by atoms with Crippen molar-refractivity contribution >= 4 is 22.8 Å². The number of anilines is 1. The molecular weight excluding hydrogens is 242 g/mol. The van der Waals surface area contributed by atoms with Crippen molar-refractivity contribution in [1.29, 1.82) is 0 Å². The summed E-state index contributed by atoms with van der Waals surface area (Å²) < 4.78 is 0. The van der Waals surface area contributed by atoms with Crippen LogP contribution in [-0.4, -0.2) is 27.1 Å². The van der Waals surface area contributed by atoms with Gasteiger partial charge in [-0.15, -0.1) is 0 Å². The average Bonchev–Trinajstić information content (AvgIpc) is 2.87. The predicted octanol–water partition coefficient (Wildman–Crippen LogP) is 2.07. The maximum absolute atomic E-state index is 10.9. The zero-order valence-electron chi connectivity index (χ0n) is 10.2. The number of benzene rings is 1. The van der Waals surface area contributed by atoms with Gasteiger partial charge in [-0.25, -0.2) is 9.97 Å². The van der Waals surface area contributed by atoms with Gasteiger partial charge in [0.2, 0.25) is 5.95 Å². The second-order valence-corrected chi connectivity index (χ2v) is 4.57. The number of nitrogens with one attached hydrogen (secondary N) is 1. The number of nitrogens with zero attached hydrogens (tertiary/aromatic N) is 2. The highest BCUT2D eigenvalue weighted by atomic mass is 16.4. The highest BCUT2D eigenvalue weighted by molar-refractivity contribution is 5.78. The highest BCUT2D eigenvalue weighted by Gasteiger charge is 2.24. The van der Waals surface area contributed by atoms with Crippen molar-refractivity contribution in [1.82, 2.24) is 9.97 Å². The van der Waals surface area contributed by atoms with Crippen molar-refractivity contribution in [2.75, 3.05) is 5.32 Å². The molecule has 0 amide bonds. The van der Waals surface area contributed by atoms with E-state index in [4.69, 9.17) is 5.11 Å². The van der Waals surface area contributed by atoms with E-state index < -0.39 is 11.9 Å². The fourth-order valence-corrected chi connectivity index (χ4v) is 2.20. The van der Waals surface area contributed by atoms with E-state index in [0.717, 1.165) is 10.9 Å². The minimum absolute atomic E-state index is 0.0257. The van der Waals surface area contributed by atoms with Gasteiger partial charge in [-0.05, 0) is 12.5 Å². The van der Waals surface area contributed by atoms with Gasteiger partial charge in [-0.2, -0.15) is 0 Å². The number of aliphatic carboxylic acids is 1. The van der Waals surface area contributed by atoms with E-state index in [2.05, 4.69) is 15.3 Å². The molecule has 19 heavy (non-hydrogen) atoms. The molecule has 1 aromatic carbocycles. The topological polar surface area (TPSA) is 75.1 Å². The summed E-state index contributed by atoms with van der Waals surface area (Å²) in [4.78, 5) is 19.5. The first-order valence-electron chi connectivity index (χ1n) is 6.12. The molecule has 1 heterocycles. The van der Waals surface area contributed by atoms with E-state index in [-0.39, 0.29) is 6.04 Å². The molecule has 1 aliphatic rings. The fraction of sp³-hybridized carbons (Fsp3) is 0.214. The lowest BCUT2D eigenvalue weighted by Crippen LogP contribution is -2.20. The first-order chi connectivity index (χ1) is 9.22. The summed E-state index contributed by atoms with van der Waals surface area (Å²) in [6.45, 7) is 0. The Labute approximate surface area is 110 Å². The Kier molecular flexibility index (Phi) is 2.87. The number of hydrogen-bond donors (Lipinski definition) is 2. The molecule has 1 aliphatic carbocycles. The number of rotatable bonds is 3. The maximum Gasteiger partial charge on any atom is 0.310 e. The number of aromatic nitrogens is 2. The molecule has 5 heteroatoms. The van der Waals surface area contributed by atoms with Gasteiger partial charge < -0.3 is 10.4 Å². The van der Waals surface area contributed by atoms with Crippen LogP contribution in [0, 0.1) is 5.92 Å². The van der Waals surface area contributed by atoms with E-state index >= 15 is 0 Å². The van der Waals surface area contributed by atoms with Gasteiger partial charge in [0.25, 0.3) is 0 Å². The zero-order chi connectivity index (χ0) is 13.2. The summed E-state index contributed by atoms with van der Waals surface area (Å²) in [5, 5.41) is 13.1. The third kappa shape index (κ3) is 2.40. The van der Waals surface area contributed by atoms with Crippen LogP contribution in [0.25, 0.3) is 10.9 Å². The molecule has 2 aromatic rings. The lowest BCUT2D eigenvalue weighted by atomic mass is 10.1. The van der Waals surface area contributed by atoms with Gasteiger partial charge in [0.1, 0.15) is 0 Å². The highest BCUT2D eigenvalue weighted by Crippen LogP contribution is 2.21. The number of hydrogen-bond acceptors (Lipinski definition) is 4. The van der Waals surface area contributed by atoms with Gasteiger partial charge in [-0.3, -0.25) is 4.79 Å². The number of para-hydroxylation sites is 1. The van der Waals surface area contributed by atoms with Crippen LogP contribution in [0.5, 0.6) is 0 Å². The van der Waals surface area contributed by atoms with Crippen LogP contribution in [0.4, 0.5) is 5.95 Å². The van der Waals surface area contributed by atoms with Gasteiger partial charge in [-0.1, -0.05) is 30.4 Å². The second-order valence-electron chi connectivity index (χ2n) is 4.57. The zero-order valence-corrected chi connectivity index (χ0v) is 10.2. The number of carbonyl (C=O) groups is 1. The Balaban J connectivity index is 1.76. The normalized spacial score (nSPS) is 21.7. The van der Waals surface area contributed by atoms with Gasteiger partial charge in [0.15, 0.2) is 0 Å². The third-order valence-corrected chi connectivity index (χ3v) is 3.20. The Bertz CT molecular complexity index is 654. The Hall–Kier alpha value is -2.43. The standard InChI is InChI=1S/C14H13N3O2/c18-13(19)9-5-6-11(7-9)16-14-15-8-10-3-1-2-4-12(10)17-14/h1-6,8-9,11H,7H2,(H,18,19)(H,15,16,17). The van der Waals surface area contributed by atoms with Gasteiger partial charge in [0.05, 0.1) is 11.4 Å². The minimum atomic E-state index is -0.792. The second kappa shape index (κ2) is 4.68. The summed E-state index contributed by atoms with van der Waals surface area (Å²) in [5.74, 6) is -0.683. The first-order valence-corrected chi connectivity index (χ1v) is 6.12. The monoisotopic (exact) mass is 255 g/mol. The molecule has 0 spiro atoms. The van der Waals surface area contributed by atoms with Crippen molar-refractivity contribution in [2.45, 2.75) is 12.5 Å². The maximum atomic E-state index is 10.9. The quantitative estimate of drug-likeness (QED) is 0.821. The number of carboxylic acids is 1. The summed E-state index contributed by atoms with van der Waals surface area (Å²) >= 11 is 0. The van der Waals surface area contributed by atoms with Crippen LogP contribution >= 0.6 is 0 Å². The van der Waals surface area contributed by atoms with Crippen molar-refractivity contribution in [3.63, 3.8) is 0 Å².